The van der Waals surface area contributed by atoms with Crippen molar-refractivity contribution in [2.45, 2.75) is 19.1 Å². The quantitative estimate of drug-likeness (QED) is 0.550. The lowest BCUT2D eigenvalue weighted by Crippen LogP contribution is -2.45. The predicted molar refractivity (Wildman–Crippen MR) is 41.3 cm³/mol. The maximum atomic E-state index is 5.65. The molecule has 2 rings (SSSR count). The van der Waals surface area contributed by atoms with Crippen molar-refractivity contribution in [3.63, 3.8) is 0 Å². The van der Waals surface area contributed by atoms with Gasteiger partial charge in [0.1, 0.15) is 0 Å². The van der Waals surface area contributed by atoms with E-state index in [0.717, 1.165) is 32.7 Å². The number of hydrogen-bond donors (Lipinski definition) is 1. The lowest BCUT2D eigenvalue weighted by molar-refractivity contribution is -0.268. The van der Waals surface area contributed by atoms with E-state index >= 15 is 0 Å². The average Bonchev–Trinajstić information content (AvgIpc) is 2.45. The molecule has 1 N–H and O–H groups in total. The zero-order valence-electron chi connectivity index (χ0n) is 6.93. The van der Waals surface area contributed by atoms with Gasteiger partial charge in [-0.05, 0) is 0 Å². The summed E-state index contributed by atoms with van der Waals surface area (Å²) in [6.07, 6.45) is 1.000. The first-order chi connectivity index (χ1) is 5.31. The molecule has 0 radical (unpaired) electrons. The van der Waals surface area contributed by atoms with E-state index in [2.05, 4.69) is 12.2 Å². The number of nitrogens with one attached hydrogen (secondary N) is 1. The van der Waals surface area contributed by atoms with Crippen LogP contribution in [0.15, 0.2) is 0 Å². The smallest absolute Gasteiger partial charge is 0.181 e. The third-order valence-electron chi connectivity index (χ3n) is 2.34. The van der Waals surface area contributed by atoms with Crippen molar-refractivity contribution < 1.29 is 9.47 Å². The molecule has 0 amide bonds. The van der Waals surface area contributed by atoms with Gasteiger partial charge < -0.3 is 14.8 Å². The Hall–Kier alpha value is -0.120. The molecular formula is C8H15NO2. The van der Waals surface area contributed by atoms with E-state index in [1.807, 2.05) is 0 Å². The molecule has 64 valence electrons. The van der Waals surface area contributed by atoms with Crippen LogP contribution in [0.25, 0.3) is 0 Å². The molecule has 1 spiro atoms. The first kappa shape index (κ1) is 7.53. The lowest BCUT2D eigenvalue weighted by atomic mass is 10.1. The molecule has 0 bridgehead atoms. The van der Waals surface area contributed by atoms with Crippen LogP contribution in [0.3, 0.4) is 0 Å². The summed E-state index contributed by atoms with van der Waals surface area (Å²) in [7, 11) is 0. The summed E-state index contributed by atoms with van der Waals surface area (Å²) in [6.45, 7) is 5.73. The largest absolute Gasteiger partial charge is 0.348 e. The van der Waals surface area contributed by atoms with E-state index in [9.17, 15) is 0 Å². The standard InChI is InChI=1S/C8H15NO2/c1-7-4-10-8(11-5-7)2-3-9-6-8/h7,9H,2-6H2,1H3. The third kappa shape index (κ3) is 1.41. The van der Waals surface area contributed by atoms with E-state index in [1.54, 1.807) is 0 Å². The van der Waals surface area contributed by atoms with Crippen molar-refractivity contribution in [2.75, 3.05) is 26.3 Å². The Morgan fingerprint density at radius 3 is 2.64 bits per heavy atom. The van der Waals surface area contributed by atoms with E-state index in [4.69, 9.17) is 9.47 Å². The van der Waals surface area contributed by atoms with E-state index in [-0.39, 0.29) is 5.79 Å². The van der Waals surface area contributed by atoms with Crippen molar-refractivity contribution >= 4 is 0 Å². The second-order valence-electron chi connectivity index (χ2n) is 3.56. The van der Waals surface area contributed by atoms with E-state index in [1.165, 1.54) is 0 Å². The van der Waals surface area contributed by atoms with Gasteiger partial charge in [-0.3, -0.25) is 0 Å². The minimum absolute atomic E-state index is 0.257. The predicted octanol–water partition coefficient (Wildman–Crippen LogP) is 0.359. The molecule has 0 unspecified atom stereocenters. The summed E-state index contributed by atoms with van der Waals surface area (Å²) < 4.78 is 11.3. The molecule has 11 heavy (non-hydrogen) atoms. The molecule has 3 nitrogen and oxygen atoms in total. The zero-order chi connectivity index (χ0) is 7.73. The summed E-state index contributed by atoms with van der Waals surface area (Å²) >= 11 is 0. The second-order valence-corrected chi connectivity index (χ2v) is 3.56. The lowest BCUT2D eigenvalue weighted by Gasteiger charge is -2.35. The van der Waals surface area contributed by atoms with Crippen LogP contribution in [0.2, 0.25) is 0 Å². The maximum absolute atomic E-state index is 5.65. The Balaban J connectivity index is 1.94. The Kier molecular flexibility index (Phi) is 1.87. The molecule has 2 heterocycles. The molecule has 3 heteroatoms. The highest BCUT2D eigenvalue weighted by Gasteiger charge is 2.39. The summed E-state index contributed by atoms with van der Waals surface area (Å²) in [5, 5.41) is 3.25. The minimum Gasteiger partial charge on any atom is -0.348 e. The van der Waals surface area contributed by atoms with Crippen molar-refractivity contribution in [1.29, 1.82) is 0 Å². The summed E-state index contributed by atoms with van der Waals surface area (Å²) in [6, 6.07) is 0. The van der Waals surface area contributed by atoms with Crippen LogP contribution in [0, 0.1) is 5.92 Å². The Bertz CT molecular complexity index is 133. The number of hydrogen-bond acceptors (Lipinski definition) is 3. The molecule has 2 aliphatic rings. The van der Waals surface area contributed by atoms with Gasteiger partial charge in [0.25, 0.3) is 0 Å². The summed E-state index contributed by atoms with van der Waals surface area (Å²) in [5.41, 5.74) is 0. The van der Waals surface area contributed by atoms with Crippen molar-refractivity contribution in [3.05, 3.63) is 0 Å². The highest BCUT2D eigenvalue weighted by molar-refractivity contribution is 4.83. The molecule has 2 aliphatic heterocycles. The van der Waals surface area contributed by atoms with Crippen LogP contribution in [0.5, 0.6) is 0 Å². The Labute approximate surface area is 67.1 Å². The first-order valence-electron chi connectivity index (χ1n) is 4.29. The van der Waals surface area contributed by atoms with Gasteiger partial charge in [0.2, 0.25) is 0 Å². The van der Waals surface area contributed by atoms with Crippen molar-refractivity contribution in [3.8, 4) is 0 Å². The van der Waals surface area contributed by atoms with Gasteiger partial charge in [-0.15, -0.1) is 0 Å². The molecule has 2 saturated heterocycles. The fourth-order valence-electron chi connectivity index (χ4n) is 1.57. The minimum atomic E-state index is -0.257. The fraction of sp³-hybridized carbons (Fsp3) is 1.00. The normalized spacial score (nSPS) is 45.0. The van der Waals surface area contributed by atoms with Gasteiger partial charge in [0.15, 0.2) is 5.79 Å². The van der Waals surface area contributed by atoms with Gasteiger partial charge in [-0.2, -0.15) is 0 Å². The van der Waals surface area contributed by atoms with Gasteiger partial charge in [0.05, 0.1) is 13.2 Å². The molecule has 0 aromatic rings. The van der Waals surface area contributed by atoms with E-state index in [0.29, 0.717) is 5.92 Å². The van der Waals surface area contributed by atoms with Crippen LogP contribution >= 0.6 is 0 Å². The first-order valence-corrected chi connectivity index (χ1v) is 4.29. The topological polar surface area (TPSA) is 30.5 Å². The average molecular weight is 157 g/mol. The highest BCUT2D eigenvalue weighted by Crippen LogP contribution is 2.26. The van der Waals surface area contributed by atoms with E-state index < -0.39 is 0 Å². The van der Waals surface area contributed by atoms with Gasteiger partial charge in [0, 0.05) is 25.4 Å². The highest BCUT2D eigenvalue weighted by atomic mass is 16.7. The second kappa shape index (κ2) is 2.73. The van der Waals surface area contributed by atoms with Gasteiger partial charge in [-0.1, -0.05) is 6.92 Å². The number of ether oxygens (including phenoxy) is 2. The Morgan fingerprint density at radius 1 is 1.36 bits per heavy atom. The summed E-state index contributed by atoms with van der Waals surface area (Å²) in [5.74, 6) is 0.299. The SMILES string of the molecule is CC1COC2(CCNC2)OC1. The molecule has 0 aromatic heterocycles. The van der Waals surface area contributed by atoms with Gasteiger partial charge >= 0.3 is 0 Å². The number of rotatable bonds is 0. The van der Waals surface area contributed by atoms with Crippen LogP contribution < -0.4 is 5.32 Å². The molecule has 0 saturated carbocycles. The molecule has 0 aromatic carbocycles. The van der Waals surface area contributed by atoms with Gasteiger partial charge in [-0.25, -0.2) is 0 Å². The van der Waals surface area contributed by atoms with Crippen molar-refractivity contribution in [1.82, 2.24) is 5.32 Å². The zero-order valence-corrected chi connectivity index (χ0v) is 6.93. The fourth-order valence-corrected chi connectivity index (χ4v) is 1.57. The van der Waals surface area contributed by atoms with Crippen molar-refractivity contribution in [2.24, 2.45) is 5.92 Å². The van der Waals surface area contributed by atoms with Crippen LogP contribution in [-0.4, -0.2) is 32.1 Å². The van der Waals surface area contributed by atoms with Crippen LogP contribution in [0.1, 0.15) is 13.3 Å². The van der Waals surface area contributed by atoms with Crippen LogP contribution in [-0.2, 0) is 9.47 Å². The molecule has 0 aliphatic carbocycles. The van der Waals surface area contributed by atoms with Crippen LogP contribution in [0.4, 0.5) is 0 Å². The molecule has 2 fully saturated rings. The monoisotopic (exact) mass is 157 g/mol. The summed E-state index contributed by atoms with van der Waals surface area (Å²) in [4.78, 5) is 0. The Morgan fingerprint density at radius 2 is 2.09 bits per heavy atom. The maximum Gasteiger partial charge on any atom is 0.181 e. The molecule has 0 atom stereocenters. The third-order valence-corrected chi connectivity index (χ3v) is 2.34. The molecular weight excluding hydrogens is 142 g/mol.